The van der Waals surface area contributed by atoms with Crippen molar-refractivity contribution in [1.29, 1.82) is 0 Å². The van der Waals surface area contributed by atoms with Gasteiger partial charge in [-0.15, -0.1) is 0 Å². The van der Waals surface area contributed by atoms with Crippen LogP contribution >= 0.6 is 0 Å². The molecule has 1 saturated heterocycles. The zero-order valence-corrected chi connectivity index (χ0v) is 10.5. The van der Waals surface area contributed by atoms with Crippen LogP contribution in [0.5, 0.6) is 0 Å². The maximum absolute atomic E-state index is 11.7. The minimum absolute atomic E-state index is 0.0357. The van der Waals surface area contributed by atoms with E-state index in [9.17, 15) is 9.59 Å². The molecule has 98 valence electrons. The predicted molar refractivity (Wildman–Crippen MR) is 63.2 cm³/mol. The first kappa shape index (κ1) is 13.9. The fraction of sp³-hybridized carbons (Fsp3) is 0.818. The highest BCUT2D eigenvalue weighted by Gasteiger charge is 2.25. The van der Waals surface area contributed by atoms with Crippen LogP contribution < -0.4 is 11.1 Å². The van der Waals surface area contributed by atoms with Gasteiger partial charge in [-0.05, 0) is 13.8 Å². The Labute approximate surface area is 101 Å². The second kappa shape index (κ2) is 5.97. The summed E-state index contributed by atoms with van der Waals surface area (Å²) in [5, 5.41) is 2.97. The van der Waals surface area contributed by atoms with Crippen molar-refractivity contribution in [3.63, 3.8) is 0 Å². The van der Waals surface area contributed by atoms with Gasteiger partial charge in [-0.3, -0.25) is 9.59 Å². The van der Waals surface area contributed by atoms with Crippen LogP contribution in [0.25, 0.3) is 0 Å². The van der Waals surface area contributed by atoms with Gasteiger partial charge in [0, 0.05) is 19.6 Å². The lowest BCUT2D eigenvalue weighted by molar-refractivity contribution is -0.134. The van der Waals surface area contributed by atoms with E-state index in [0.29, 0.717) is 32.8 Å². The molecule has 0 aliphatic carbocycles. The lowest BCUT2D eigenvalue weighted by atomic mass is 9.93. The summed E-state index contributed by atoms with van der Waals surface area (Å²) in [7, 11) is 0. The second-order valence-corrected chi connectivity index (χ2v) is 4.84. The largest absolute Gasteiger partial charge is 0.378 e. The number of carbonyl (C=O) groups is 2. The van der Waals surface area contributed by atoms with Crippen molar-refractivity contribution in [1.82, 2.24) is 10.2 Å². The van der Waals surface area contributed by atoms with Crippen LogP contribution in [0.15, 0.2) is 0 Å². The van der Waals surface area contributed by atoms with Crippen LogP contribution in [0.3, 0.4) is 0 Å². The molecule has 1 aliphatic rings. The number of hydrogen-bond acceptors (Lipinski definition) is 4. The SMILES string of the molecule is CC(C)(CNCC(=O)N1CCOCC1)C(N)=O. The first-order valence-electron chi connectivity index (χ1n) is 5.79. The third-order valence-corrected chi connectivity index (χ3v) is 2.87. The van der Waals surface area contributed by atoms with E-state index in [2.05, 4.69) is 5.32 Å². The lowest BCUT2D eigenvalue weighted by Gasteiger charge is -2.27. The first-order chi connectivity index (χ1) is 7.93. The van der Waals surface area contributed by atoms with E-state index in [-0.39, 0.29) is 18.4 Å². The number of carbonyl (C=O) groups excluding carboxylic acids is 2. The zero-order valence-electron chi connectivity index (χ0n) is 10.5. The van der Waals surface area contributed by atoms with Crippen LogP contribution in [0.1, 0.15) is 13.8 Å². The number of nitrogens with zero attached hydrogens (tertiary/aromatic N) is 1. The Balaban J connectivity index is 2.26. The Morgan fingerprint density at radius 1 is 1.35 bits per heavy atom. The molecule has 0 spiro atoms. The number of morpholine rings is 1. The van der Waals surface area contributed by atoms with Crippen molar-refractivity contribution in [2.24, 2.45) is 11.1 Å². The molecule has 0 aromatic rings. The van der Waals surface area contributed by atoms with E-state index >= 15 is 0 Å². The Morgan fingerprint density at radius 2 is 1.94 bits per heavy atom. The van der Waals surface area contributed by atoms with Gasteiger partial charge in [0.1, 0.15) is 0 Å². The Kier molecular flexibility index (Phi) is 4.89. The van der Waals surface area contributed by atoms with Gasteiger partial charge in [0.25, 0.3) is 0 Å². The van der Waals surface area contributed by atoms with Gasteiger partial charge in [0.05, 0.1) is 25.2 Å². The molecule has 1 aliphatic heterocycles. The maximum atomic E-state index is 11.7. The molecule has 1 fully saturated rings. The summed E-state index contributed by atoms with van der Waals surface area (Å²) < 4.78 is 5.16. The number of primary amides is 1. The summed E-state index contributed by atoms with van der Waals surface area (Å²) in [6.07, 6.45) is 0. The predicted octanol–water partition coefficient (Wildman–Crippen LogP) is -1.05. The van der Waals surface area contributed by atoms with E-state index in [1.165, 1.54) is 0 Å². The standard InChI is InChI=1S/C11H21N3O3/c1-11(2,10(12)16)8-13-7-9(15)14-3-5-17-6-4-14/h13H,3-8H2,1-2H3,(H2,12,16). The third-order valence-electron chi connectivity index (χ3n) is 2.87. The average Bonchev–Trinajstić information content (AvgIpc) is 2.29. The van der Waals surface area contributed by atoms with Gasteiger partial charge in [-0.1, -0.05) is 0 Å². The molecule has 17 heavy (non-hydrogen) atoms. The van der Waals surface area contributed by atoms with Crippen molar-refractivity contribution < 1.29 is 14.3 Å². The second-order valence-electron chi connectivity index (χ2n) is 4.84. The van der Waals surface area contributed by atoms with Crippen molar-refractivity contribution in [3.8, 4) is 0 Å². The summed E-state index contributed by atoms with van der Waals surface area (Å²) in [6.45, 7) is 6.61. The molecular formula is C11H21N3O3. The molecule has 0 aromatic carbocycles. The first-order valence-corrected chi connectivity index (χ1v) is 5.79. The van der Waals surface area contributed by atoms with Crippen LogP contribution in [0.2, 0.25) is 0 Å². The Bertz CT molecular complexity index is 286. The molecule has 0 aromatic heterocycles. The highest BCUT2D eigenvalue weighted by molar-refractivity contribution is 5.81. The van der Waals surface area contributed by atoms with Gasteiger partial charge in [-0.2, -0.15) is 0 Å². The molecule has 1 heterocycles. The van der Waals surface area contributed by atoms with Crippen molar-refractivity contribution in [2.45, 2.75) is 13.8 Å². The molecule has 0 bridgehead atoms. The molecule has 0 atom stereocenters. The monoisotopic (exact) mass is 243 g/mol. The molecule has 0 radical (unpaired) electrons. The third kappa shape index (κ3) is 4.32. The molecule has 0 saturated carbocycles. The van der Waals surface area contributed by atoms with E-state index in [4.69, 9.17) is 10.5 Å². The number of amides is 2. The molecule has 6 heteroatoms. The minimum atomic E-state index is -0.634. The molecule has 1 rings (SSSR count). The molecule has 0 unspecified atom stereocenters. The zero-order chi connectivity index (χ0) is 12.9. The number of nitrogens with one attached hydrogen (secondary N) is 1. The molecular weight excluding hydrogens is 222 g/mol. The fourth-order valence-corrected chi connectivity index (χ4v) is 1.49. The maximum Gasteiger partial charge on any atom is 0.236 e. The van der Waals surface area contributed by atoms with E-state index in [1.54, 1.807) is 18.7 Å². The van der Waals surface area contributed by atoms with Crippen molar-refractivity contribution >= 4 is 11.8 Å². The van der Waals surface area contributed by atoms with E-state index < -0.39 is 5.41 Å². The quantitative estimate of drug-likeness (QED) is 0.645. The van der Waals surface area contributed by atoms with Gasteiger partial charge in [0.2, 0.25) is 11.8 Å². The topological polar surface area (TPSA) is 84.7 Å². The molecule has 2 amide bonds. The van der Waals surface area contributed by atoms with Crippen LogP contribution in [-0.2, 0) is 14.3 Å². The Hall–Kier alpha value is -1.14. The molecule has 3 N–H and O–H groups in total. The number of ether oxygens (including phenoxy) is 1. The number of nitrogens with two attached hydrogens (primary N) is 1. The summed E-state index contributed by atoms with van der Waals surface area (Å²) in [4.78, 5) is 24.6. The van der Waals surface area contributed by atoms with Crippen LogP contribution in [-0.4, -0.2) is 56.1 Å². The highest BCUT2D eigenvalue weighted by atomic mass is 16.5. The minimum Gasteiger partial charge on any atom is -0.378 e. The van der Waals surface area contributed by atoms with Crippen LogP contribution in [0.4, 0.5) is 0 Å². The summed E-state index contributed by atoms with van der Waals surface area (Å²) in [5.74, 6) is -0.336. The van der Waals surface area contributed by atoms with E-state index in [0.717, 1.165) is 0 Å². The van der Waals surface area contributed by atoms with Crippen molar-refractivity contribution in [3.05, 3.63) is 0 Å². The summed E-state index contributed by atoms with van der Waals surface area (Å²) in [5.41, 5.74) is 4.61. The molecule has 6 nitrogen and oxygen atoms in total. The highest BCUT2D eigenvalue weighted by Crippen LogP contribution is 2.11. The van der Waals surface area contributed by atoms with Gasteiger partial charge < -0.3 is 20.7 Å². The van der Waals surface area contributed by atoms with Gasteiger partial charge in [0.15, 0.2) is 0 Å². The van der Waals surface area contributed by atoms with E-state index in [1.807, 2.05) is 0 Å². The fourth-order valence-electron chi connectivity index (χ4n) is 1.49. The Morgan fingerprint density at radius 3 is 2.47 bits per heavy atom. The normalized spacial score (nSPS) is 16.9. The average molecular weight is 243 g/mol. The number of hydrogen-bond donors (Lipinski definition) is 2. The van der Waals surface area contributed by atoms with Gasteiger partial charge >= 0.3 is 0 Å². The lowest BCUT2D eigenvalue weighted by Crippen LogP contribution is -2.47. The van der Waals surface area contributed by atoms with Crippen LogP contribution in [0, 0.1) is 5.41 Å². The smallest absolute Gasteiger partial charge is 0.236 e. The van der Waals surface area contributed by atoms with Crippen molar-refractivity contribution in [2.75, 3.05) is 39.4 Å². The summed E-state index contributed by atoms with van der Waals surface area (Å²) >= 11 is 0. The van der Waals surface area contributed by atoms with Gasteiger partial charge in [-0.25, -0.2) is 0 Å². The number of rotatable bonds is 5. The summed E-state index contributed by atoms with van der Waals surface area (Å²) in [6, 6.07) is 0.